The number of hydrazone groups is 1. The van der Waals surface area contributed by atoms with Gasteiger partial charge in [0.25, 0.3) is 5.69 Å². The van der Waals surface area contributed by atoms with Crippen molar-refractivity contribution in [3.63, 3.8) is 0 Å². The zero-order chi connectivity index (χ0) is 21.8. The molecule has 8 nitrogen and oxygen atoms in total. The summed E-state index contributed by atoms with van der Waals surface area (Å²) in [4.78, 5) is 26.6. The number of rotatable bonds is 7. The van der Waals surface area contributed by atoms with Crippen molar-refractivity contribution < 1.29 is 14.8 Å². The first-order valence-corrected chi connectivity index (χ1v) is 10.6. The van der Waals surface area contributed by atoms with Gasteiger partial charge in [-0.05, 0) is 18.2 Å². The minimum atomic E-state index is -1.31. The van der Waals surface area contributed by atoms with E-state index in [0.29, 0.717) is 25.3 Å². The van der Waals surface area contributed by atoms with E-state index >= 15 is 0 Å². The lowest BCUT2D eigenvalue weighted by atomic mass is 10.1. The lowest BCUT2D eigenvalue weighted by molar-refractivity contribution is -0.385. The van der Waals surface area contributed by atoms with E-state index in [1.807, 2.05) is 0 Å². The number of thiazole rings is 1. The molecule has 2 N–H and O–H groups in total. The molecule has 1 aromatic heterocycles. The molecule has 1 heterocycles. The number of hydrogen-bond acceptors (Lipinski definition) is 7. The van der Waals surface area contributed by atoms with Gasteiger partial charge in [-0.3, -0.25) is 15.5 Å². The van der Waals surface area contributed by atoms with E-state index < -0.39 is 10.9 Å². The Labute approximate surface area is 192 Å². The lowest BCUT2D eigenvalue weighted by Crippen LogP contribution is -2.18. The number of nitro benzene ring substituents is 1. The second-order valence-corrected chi connectivity index (χ2v) is 8.34. The summed E-state index contributed by atoms with van der Waals surface area (Å²) in [5, 5.41) is 27.5. The van der Waals surface area contributed by atoms with Gasteiger partial charge in [0.2, 0.25) is 5.13 Å². The van der Waals surface area contributed by atoms with Crippen molar-refractivity contribution in [2.24, 2.45) is 5.10 Å². The average Bonchev–Trinajstić information content (AvgIpc) is 3.16. The predicted octanol–water partition coefficient (Wildman–Crippen LogP) is 5.88. The minimum absolute atomic E-state index is 0.200. The van der Waals surface area contributed by atoms with Crippen LogP contribution in [-0.2, 0) is 11.2 Å². The van der Waals surface area contributed by atoms with E-state index in [1.54, 1.807) is 29.6 Å². The molecule has 0 amide bonds. The summed E-state index contributed by atoms with van der Waals surface area (Å²) in [6, 6.07) is 9.47. The highest BCUT2D eigenvalue weighted by Gasteiger charge is 2.21. The Hall–Kier alpha value is -2.53. The molecule has 30 heavy (non-hydrogen) atoms. The number of nitrogens with one attached hydrogen (secondary N) is 1. The van der Waals surface area contributed by atoms with E-state index in [2.05, 4.69) is 31.4 Å². The zero-order valence-corrected chi connectivity index (χ0v) is 18.7. The maximum Gasteiger partial charge on any atom is 0.352 e. The number of nitrogens with zero attached hydrogens (tertiary/aromatic N) is 3. The van der Waals surface area contributed by atoms with Crippen molar-refractivity contribution in [1.29, 1.82) is 0 Å². The summed E-state index contributed by atoms with van der Waals surface area (Å²) in [7, 11) is 0. The first kappa shape index (κ1) is 22.2. The molecule has 3 aromatic rings. The molecule has 0 aliphatic rings. The van der Waals surface area contributed by atoms with E-state index in [4.69, 9.17) is 23.2 Å². The van der Waals surface area contributed by atoms with Crippen molar-refractivity contribution in [3.05, 3.63) is 72.0 Å². The van der Waals surface area contributed by atoms with E-state index in [9.17, 15) is 20.0 Å². The van der Waals surface area contributed by atoms with Crippen molar-refractivity contribution in [1.82, 2.24) is 4.98 Å². The smallest absolute Gasteiger partial charge is 0.352 e. The molecule has 3 rings (SSSR count). The molecule has 2 aromatic carbocycles. The fraction of sp³-hybridized carbons (Fsp3) is 0.0556. The topological polar surface area (TPSA) is 118 Å². The maximum atomic E-state index is 11.6. The number of halogens is 3. The first-order valence-electron chi connectivity index (χ1n) is 8.15. The van der Waals surface area contributed by atoms with Crippen LogP contribution < -0.4 is 5.43 Å². The highest BCUT2D eigenvalue weighted by atomic mass is 79.9. The lowest BCUT2D eigenvalue weighted by Gasteiger charge is -2.06. The number of aliphatic carboxylic acids is 1. The Morgan fingerprint density at radius 2 is 2.07 bits per heavy atom. The summed E-state index contributed by atoms with van der Waals surface area (Å²) in [5.41, 5.74) is 3.64. The second kappa shape index (κ2) is 9.52. The van der Waals surface area contributed by atoms with Crippen LogP contribution in [0.3, 0.4) is 0 Å². The van der Waals surface area contributed by atoms with Gasteiger partial charge in [0.05, 0.1) is 26.2 Å². The standard InChI is InChI=1S/C18H11BrCl2N4O4S/c19-11-2-1-3-16(25(28)29)10(11)7-14(17(26)27)23-24-18-22-15(8-30-18)9-4-5-12(20)13(21)6-9/h1-6,8H,7H2,(H,22,24)(H,26,27)/b23-14+. The Morgan fingerprint density at radius 1 is 1.30 bits per heavy atom. The summed E-state index contributed by atoms with van der Waals surface area (Å²) in [6.45, 7) is 0. The molecule has 0 atom stereocenters. The quantitative estimate of drug-likeness (QED) is 0.224. The third kappa shape index (κ3) is 5.14. The van der Waals surface area contributed by atoms with Gasteiger partial charge in [-0.15, -0.1) is 11.3 Å². The second-order valence-electron chi connectivity index (χ2n) is 5.81. The Balaban J connectivity index is 1.83. The van der Waals surface area contributed by atoms with Gasteiger partial charge in [0.15, 0.2) is 0 Å². The van der Waals surface area contributed by atoms with Crippen LogP contribution in [0.15, 0.2) is 51.4 Å². The highest BCUT2D eigenvalue weighted by Crippen LogP contribution is 2.31. The SMILES string of the molecule is O=C(O)/C(Cc1c(Br)cccc1[N+](=O)[O-])=N/Nc1nc(-c2ccc(Cl)c(Cl)c2)cs1. The largest absolute Gasteiger partial charge is 0.477 e. The van der Waals surface area contributed by atoms with E-state index in [-0.39, 0.29) is 23.4 Å². The Bertz CT molecular complexity index is 1170. The molecule has 12 heteroatoms. The van der Waals surface area contributed by atoms with Gasteiger partial charge in [0, 0.05) is 27.9 Å². The Morgan fingerprint density at radius 3 is 2.73 bits per heavy atom. The van der Waals surface area contributed by atoms with Gasteiger partial charge in [-0.1, -0.05) is 51.3 Å². The van der Waals surface area contributed by atoms with Crippen molar-refractivity contribution >= 4 is 73.0 Å². The van der Waals surface area contributed by atoms with Crippen LogP contribution in [0.5, 0.6) is 0 Å². The molecule has 0 bridgehead atoms. The number of carboxylic acids is 1. The van der Waals surface area contributed by atoms with Crippen molar-refractivity contribution in [2.75, 3.05) is 5.43 Å². The minimum Gasteiger partial charge on any atom is -0.477 e. The van der Waals surface area contributed by atoms with Crippen LogP contribution in [-0.4, -0.2) is 26.7 Å². The Kier molecular flexibility index (Phi) is 7.03. The van der Waals surface area contributed by atoms with Gasteiger partial charge >= 0.3 is 5.97 Å². The number of benzene rings is 2. The van der Waals surface area contributed by atoms with Gasteiger partial charge in [-0.25, -0.2) is 9.78 Å². The molecule has 0 radical (unpaired) electrons. The number of aromatic nitrogens is 1. The van der Waals surface area contributed by atoms with Gasteiger partial charge < -0.3 is 5.11 Å². The van der Waals surface area contributed by atoms with E-state index in [1.165, 1.54) is 23.5 Å². The fourth-order valence-electron chi connectivity index (χ4n) is 2.45. The van der Waals surface area contributed by atoms with Crippen LogP contribution in [0.4, 0.5) is 10.8 Å². The first-order chi connectivity index (χ1) is 14.3. The predicted molar refractivity (Wildman–Crippen MR) is 121 cm³/mol. The molecular formula is C18H11BrCl2N4O4S. The number of carboxylic acid groups (broad SMARTS) is 1. The van der Waals surface area contributed by atoms with Crippen LogP contribution in [0, 0.1) is 10.1 Å². The molecule has 0 aliphatic heterocycles. The third-order valence-electron chi connectivity index (χ3n) is 3.89. The number of hydrogen-bond donors (Lipinski definition) is 2. The van der Waals surface area contributed by atoms with Crippen LogP contribution in [0.2, 0.25) is 10.0 Å². The molecule has 0 saturated carbocycles. The summed E-state index contributed by atoms with van der Waals surface area (Å²) in [6.07, 6.45) is -0.259. The highest BCUT2D eigenvalue weighted by molar-refractivity contribution is 9.10. The van der Waals surface area contributed by atoms with Crippen LogP contribution >= 0.6 is 50.5 Å². The molecule has 0 aliphatic carbocycles. The average molecular weight is 530 g/mol. The molecule has 154 valence electrons. The third-order valence-corrected chi connectivity index (χ3v) is 6.12. The fourth-order valence-corrected chi connectivity index (χ4v) is 3.91. The normalized spacial score (nSPS) is 11.4. The zero-order valence-electron chi connectivity index (χ0n) is 14.8. The summed E-state index contributed by atoms with van der Waals surface area (Å²) < 4.78 is 0.418. The summed E-state index contributed by atoms with van der Waals surface area (Å²) in [5.74, 6) is -1.31. The molecule has 0 spiro atoms. The van der Waals surface area contributed by atoms with Gasteiger partial charge in [0.1, 0.15) is 5.71 Å². The number of nitro groups is 1. The molecule has 0 unspecified atom stereocenters. The van der Waals surface area contributed by atoms with Gasteiger partial charge in [-0.2, -0.15) is 5.10 Å². The number of anilines is 1. The molecule has 0 fully saturated rings. The summed E-state index contributed by atoms with van der Waals surface area (Å²) >= 11 is 16.4. The van der Waals surface area contributed by atoms with Crippen LogP contribution in [0.1, 0.15) is 5.56 Å². The van der Waals surface area contributed by atoms with Crippen molar-refractivity contribution in [3.8, 4) is 11.3 Å². The number of carbonyl (C=O) groups is 1. The van der Waals surface area contributed by atoms with Crippen molar-refractivity contribution in [2.45, 2.75) is 6.42 Å². The molecular weight excluding hydrogens is 519 g/mol. The maximum absolute atomic E-state index is 11.6. The monoisotopic (exact) mass is 528 g/mol. The van der Waals surface area contributed by atoms with E-state index in [0.717, 1.165) is 5.56 Å². The van der Waals surface area contributed by atoms with Crippen LogP contribution in [0.25, 0.3) is 11.3 Å². The molecule has 0 saturated heterocycles.